The Morgan fingerprint density at radius 2 is 1.52 bits per heavy atom. The summed E-state index contributed by atoms with van der Waals surface area (Å²) in [7, 11) is -3.76. The van der Waals surface area contributed by atoms with Crippen molar-refractivity contribution in [2.75, 3.05) is 33.3 Å². The van der Waals surface area contributed by atoms with E-state index in [1.807, 2.05) is 13.0 Å². The number of hydrogen-bond acceptors (Lipinski definition) is 7. The van der Waals surface area contributed by atoms with Crippen LogP contribution in [0.15, 0.2) is 59.5 Å². The van der Waals surface area contributed by atoms with E-state index in [1.165, 1.54) is 31.9 Å². The molecule has 1 amide bonds. The maximum atomic E-state index is 12.7. The molecular formula is C23H26N6O3S. The lowest BCUT2D eigenvalue weighted by Crippen LogP contribution is -2.19. The minimum absolute atomic E-state index is 0.102. The van der Waals surface area contributed by atoms with E-state index < -0.39 is 10.0 Å². The summed E-state index contributed by atoms with van der Waals surface area (Å²) in [5.41, 5.74) is 1.75. The third kappa shape index (κ3) is 5.78. The average molecular weight is 467 g/mol. The second-order valence-electron chi connectivity index (χ2n) is 7.87. The Morgan fingerprint density at radius 1 is 0.909 bits per heavy atom. The molecular weight excluding hydrogens is 440 g/mol. The number of hydrogen-bond donors (Lipinski definition) is 3. The molecule has 0 spiro atoms. The van der Waals surface area contributed by atoms with Crippen molar-refractivity contribution in [1.29, 1.82) is 0 Å². The third-order valence-electron chi connectivity index (χ3n) is 5.15. The van der Waals surface area contributed by atoms with Crippen LogP contribution < -0.4 is 20.3 Å². The average Bonchev–Trinajstić information content (AvgIpc) is 3.30. The van der Waals surface area contributed by atoms with E-state index in [0.717, 1.165) is 24.6 Å². The zero-order chi connectivity index (χ0) is 23.4. The Bertz CT molecular complexity index is 1240. The number of nitrogens with zero attached hydrogens (tertiary/aromatic N) is 3. The van der Waals surface area contributed by atoms with E-state index >= 15 is 0 Å². The van der Waals surface area contributed by atoms with Crippen molar-refractivity contribution in [3.8, 4) is 0 Å². The molecule has 0 bridgehead atoms. The zero-order valence-corrected chi connectivity index (χ0v) is 19.3. The molecule has 1 aromatic heterocycles. The molecule has 3 N–H and O–H groups in total. The van der Waals surface area contributed by atoms with Gasteiger partial charge in [0, 0.05) is 43.1 Å². The number of carbonyl (C=O) groups excluding carboxylic acids is 1. The van der Waals surface area contributed by atoms with Gasteiger partial charge in [-0.2, -0.15) is 0 Å². The Kier molecular flexibility index (Phi) is 6.45. The molecule has 9 nitrogen and oxygen atoms in total. The van der Waals surface area contributed by atoms with Gasteiger partial charge in [-0.15, -0.1) is 0 Å². The molecule has 0 radical (unpaired) electrons. The van der Waals surface area contributed by atoms with Gasteiger partial charge in [0.1, 0.15) is 17.5 Å². The van der Waals surface area contributed by atoms with E-state index in [0.29, 0.717) is 23.0 Å². The summed E-state index contributed by atoms with van der Waals surface area (Å²) in [4.78, 5) is 22.5. The summed E-state index contributed by atoms with van der Waals surface area (Å²) in [6.45, 7) is 5.26. The summed E-state index contributed by atoms with van der Waals surface area (Å²) in [5.74, 6) is 2.08. The Hall–Kier alpha value is -3.66. The third-order valence-corrected chi connectivity index (χ3v) is 6.55. The molecule has 1 saturated heterocycles. The van der Waals surface area contributed by atoms with Gasteiger partial charge in [0.15, 0.2) is 0 Å². The first-order valence-electron chi connectivity index (χ1n) is 10.7. The fourth-order valence-corrected chi connectivity index (χ4v) is 4.69. The number of anilines is 5. The summed E-state index contributed by atoms with van der Waals surface area (Å²) in [6.07, 6.45) is 2.34. The maximum absolute atomic E-state index is 12.7. The Balaban J connectivity index is 1.43. The van der Waals surface area contributed by atoms with Crippen LogP contribution in [0.25, 0.3) is 0 Å². The first-order valence-corrected chi connectivity index (χ1v) is 12.1. The van der Waals surface area contributed by atoms with Gasteiger partial charge in [0.05, 0.1) is 4.90 Å². The number of aryl methyl sites for hydroxylation is 1. The second-order valence-corrected chi connectivity index (χ2v) is 9.55. The Morgan fingerprint density at radius 3 is 2.15 bits per heavy atom. The highest BCUT2D eigenvalue weighted by Crippen LogP contribution is 2.24. The topological polar surface area (TPSA) is 116 Å². The molecule has 33 heavy (non-hydrogen) atoms. The van der Waals surface area contributed by atoms with Crippen molar-refractivity contribution in [2.45, 2.75) is 31.6 Å². The van der Waals surface area contributed by atoms with Crippen molar-refractivity contribution in [2.24, 2.45) is 0 Å². The number of carbonyl (C=O) groups is 1. The minimum atomic E-state index is -3.76. The summed E-state index contributed by atoms with van der Waals surface area (Å²) in [5, 5.41) is 5.87. The van der Waals surface area contributed by atoms with E-state index in [1.54, 1.807) is 36.4 Å². The van der Waals surface area contributed by atoms with Gasteiger partial charge in [0.2, 0.25) is 5.91 Å². The van der Waals surface area contributed by atoms with E-state index in [-0.39, 0.29) is 10.8 Å². The molecule has 1 fully saturated rings. The predicted octanol–water partition coefficient (Wildman–Crippen LogP) is 3.89. The summed E-state index contributed by atoms with van der Waals surface area (Å²) in [6, 6.07) is 14.8. The van der Waals surface area contributed by atoms with Crippen molar-refractivity contribution >= 4 is 44.6 Å². The molecule has 4 rings (SSSR count). The quantitative estimate of drug-likeness (QED) is 0.484. The largest absolute Gasteiger partial charge is 0.356 e. The molecule has 0 unspecified atom stereocenters. The van der Waals surface area contributed by atoms with Crippen LogP contribution in [-0.4, -0.2) is 37.4 Å². The predicted molar refractivity (Wildman–Crippen MR) is 129 cm³/mol. The van der Waals surface area contributed by atoms with E-state index in [9.17, 15) is 13.2 Å². The maximum Gasteiger partial charge on any atom is 0.261 e. The zero-order valence-electron chi connectivity index (χ0n) is 18.5. The molecule has 0 saturated carbocycles. The normalized spacial score (nSPS) is 13.6. The molecule has 1 aliphatic heterocycles. The van der Waals surface area contributed by atoms with Crippen LogP contribution in [0.5, 0.6) is 0 Å². The van der Waals surface area contributed by atoms with Gasteiger partial charge in [-0.3, -0.25) is 9.52 Å². The van der Waals surface area contributed by atoms with Crippen LogP contribution >= 0.6 is 0 Å². The van der Waals surface area contributed by atoms with E-state index in [4.69, 9.17) is 0 Å². The molecule has 0 atom stereocenters. The van der Waals surface area contributed by atoms with Crippen molar-refractivity contribution in [1.82, 2.24) is 9.97 Å². The molecule has 3 aromatic rings. The number of rotatable bonds is 7. The number of amides is 1. The van der Waals surface area contributed by atoms with Crippen LogP contribution in [0, 0.1) is 6.92 Å². The summed E-state index contributed by atoms with van der Waals surface area (Å²) >= 11 is 0. The van der Waals surface area contributed by atoms with Crippen LogP contribution in [-0.2, 0) is 14.8 Å². The molecule has 2 heterocycles. The molecule has 0 aliphatic carbocycles. The highest BCUT2D eigenvalue weighted by molar-refractivity contribution is 7.92. The number of benzene rings is 2. The van der Waals surface area contributed by atoms with Gasteiger partial charge in [0.25, 0.3) is 10.0 Å². The molecule has 2 aromatic carbocycles. The van der Waals surface area contributed by atoms with Gasteiger partial charge < -0.3 is 15.5 Å². The van der Waals surface area contributed by atoms with Crippen molar-refractivity contribution < 1.29 is 13.2 Å². The molecule has 1 aliphatic rings. The van der Waals surface area contributed by atoms with Gasteiger partial charge >= 0.3 is 0 Å². The van der Waals surface area contributed by atoms with Crippen LogP contribution in [0.4, 0.5) is 28.7 Å². The fourth-order valence-electron chi connectivity index (χ4n) is 3.63. The standard InChI is InChI=1S/C23H26N6O3S/c1-16-24-22(15-23(25-16)29-13-3-4-14-29)27-19-5-7-20(8-6-19)28-33(31,32)21-11-9-18(10-12-21)26-17(2)30/h5-12,15,28H,3-4,13-14H2,1-2H3,(H,26,30)(H,24,25,27). The van der Waals surface area contributed by atoms with Crippen LogP contribution in [0.2, 0.25) is 0 Å². The monoisotopic (exact) mass is 466 g/mol. The van der Waals surface area contributed by atoms with Gasteiger partial charge in [-0.1, -0.05) is 0 Å². The first kappa shape index (κ1) is 22.5. The number of aromatic nitrogens is 2. The van der Waals surface area contributed by atoms with E-state index in [2.05, 4.69) is 30.2 Å². The fraction of sp³-hybridized carbons (Fsp3) is 0.261. The first-order chi connectivity index (χ1) is 15.8. The summed E-state index contributed by atoms with van der Waals surface area (Å²) < 4.78 is 27.9. The lowest BCUT2D eigenvalue weighted by molar-refractivity contribution is -0.114. The highest BCUT2D eigenvalue weighted by Gasteiger charge is 2.16. The van der Waals surface area contributed by atoms with Crippen molar-refractivity contribution in [3.63, 3.8) is 0 Å². The number of sulfonamides is 1. The minimum Gasteiger partial charge on any atom is -0.356 e. The number of nitrogens with one attached hydrogen (secondary N) is 3. The van der Waals surface area contributed by atoms with Crippen LogP contribution in [0.1, 0.15) is 25.6 Å². The SMILES string of the molecule is CC(=O)Nc1ccc(S(=O)(=O)Nc2ccc(Nc3cc(N4CCCC4)nc(C)n3)cc2)cc1. The smallest absolute Gasteiger partial charge is 0.261 e. The highest BCUT2D eigenvalue weighted by atomic mass is 32.2. The van der Waals surface area contributed by atoms with Crippen LogP contribution in [0.3, 0.4) is 0 Å². The molecule has 10 heteroatoms. The lowest BCUT2D eigenvalue weighted by Gasteiger charge is -2.18. The molecule has 172 valence electrons. The van der Waals surface area contributed by atoms with Gasteiger partial charge in [-0.25, -0.2) is 18.4 Å². The lowest BCUT2D eigenvalue weighted by atomic mass is 10.3. The van der Waals surface area contributed by atoms with Gasteiger partial charge in [-0.05, 0) is 68.3 Å². The Labute approximate surface area is 193 Å². The second kappa shape index (κ2) is 9.45. The van der Waals surface area contributed by atoms with Crippen molar-refractivity contribution in [3.05, 3.63) is 60.4 Å².